The smallest absolute Gasteiger partial charge is 0.339 e. The molecule has 0 saturated carbocycles. The molecule has 0 unspecified atom stereocenters. The van der Waals surface area contributed by atoms with Gasteiger partial charge >= 0.3 is 5.97 Å². The lowest BCUT2D eigenvalue weighted by Gasteiger charge is -2.38. The van der Waals surface area contributed by atoms with Crippen molar-refractivity contribution in [3.05, 3.63) is 64.6 Å². The summed E-state index contributed by atoms with van der Waals surface area (Å²) < 4.78 is 13.2. The van der Waals surface area contributed by atoms with Gasteiger partial charge in [0.1, 0.15) is 11.4 Å². The predicted molar refractivity (Wildman–Crippen MR) is 109 cm³/mol. The Bertz CT molecular complexity index is 1050. The molecular weight excluding hydrogens is 381 g/mol. The molecule has 0 spiro atoms. The number of halogens is 2. The molecular formula is C21H19ClFN3O2. The standard InChI is InChI=1S/C21H19ClFN3O2/c1-13-18(22)7-6-16-19(13)24-12-17(21(27)28)20(16)26-10-8-25(9-11-26)15-4-2-14(23)3-5-15/h2-7,12H,8-11H2,1H3,(H,27,28). The van der Waals surface area contributed by atoms with Crippen LogP contribution in [0.3, 0.4) is 0 Å². The van der Waals surface area contributed by atoms with Gasteiger partial charge in [-0.25, -0.2) is 9.18 Å². The summed E-state index contributed by atoms with van der Waals surface area (Å²) in [5.74, 6) is -1.26. The Balaban J connectivity index is 1.69. The summed E-state index contributed by atoms with van der Waals surface area (Å²) in [4.78, 5) is 20.4. The summed E-state index contributed by atoms with van der Waals surface area (Å²) in [6.07, 6.45) is 1.41. The van der Waals surface area contributed by atoms with Gasteiger partial charge in [-0.1, -0.05) is 11.6 Å². The van der Waals surface area contributed by atoms with Crippen LogP contribution < -0.4 is 9.80 Å². The molecule has 3 aromatic rings. The van der Waals surface area contributed by atoms with E-state index in [0.29, 0.717) is 42.4 Å². The molecule has 144 valence electrons. The van der Waals surface area contributed by atoms with Crippen molar-refractivity contribution in [3.8, 4) is 0 Å². The maximum atomic E-state index is 13.2. The second-order valence-electron chi connectivity index (χ2n) is 6.84. The first-order chi connectivity index (χ1) is 13.5. The minimum absolute atomic E-state index is 0.185. The number of aromatic carboxylic acids is 1. The molecule has 1 aliphatic rings. The number of fused-ring (bicyclic) bond motifs is 1. The highest BCUT2D eigenvalue weighted by molar-refractivity contribution is 6.32. The first kappa shape index (κ1) is 18.5. The normalized spacial score (nSPS) is 14.5. The largest absolute Gasteiger partial charge is 0.478 e. The summed E-state index contributed by atoms with van der Waals surface area (Å²) in [6.45, 7) is 4.60. The molecule has 0 bridgehead atoms. The van der Waals surface area contributed by atoms with Crippen LogP contribution >= 0.6 is 11.6 Å². The van der Waals surface area contributed by atoms with Crippen molar-refractivity contribution in [1.29, 1.82) is 0 Å². The van der Waals surface area contributed by atoms with Gasteiger partial charge in [0.25, 0.3) is 0 Å². The molecule has 28 heavy (non-hydrogen) atoms. The van der Waals surface area contributed by atoms with E-state index in [2.05, 4.69) is 14.8 Å². The molecule has 1 fully saturated rings. The van der Waals surface area contributed by atoms with Crippen molar-refractivity contribution < 1.29 is 14.3 Å². The summed E-state index contributed by atoms with van der Waals surface area (Å²) in [5, 5.41) is 11.1. The molecule has 1 N–H and O–H groups in total. The van der Waals surface area contributed by atoms with Crippen molar-refractivity contribution in [2.24, 2.45) is 0 Å². The van der Waals surface area contributed by atoms with Crippen molar-refractivity contribution in [2.75, 3.05) is 36.0 Å². The highest BCUT2D eigenvalue weighted by atomic mass is 35.5. The lowest BCUT2D eigenvalue weighted by molar-refractivity contribution is 0.0697. The van der Waals surface area contributed by atoms with E-state index in [1.165, 1.54) is 18.3 Å². The van der Waals surface area contributed by atoms with Crippen LogP contribution in [0.15, 0.2) is 42.6 Å². The van der Waals surface area contributed by atoms with Crippen LogP contribution in [0.1, 0.15) is 15.9 Å². The van der Waals surface area contributed by atoms with Crippen LogP contribution in [0.4, 0.5) is 15.8 Å². The van der Waals surface area contributed by atoms with Gasteiger partial charge in [0.05, 0.1) is 11.2 Å². The average Bonchev–Trinajstić information content (AvgIpc) is 2.70. The first-order valence-corrected chi connectivity index (χ1v) is 9.40. The van der Waals surface area contributed by atoms with E-state index in [4.69, 9.17) is 11.6 Å². The number of hydrogen-bond donors (Lipinski definition) is 1. The maximum absolute atomic E-state index is 13.2. The number of hydrogen-bond acceptors (Lipinski definition) is 4. The molecule has 1 aliphatic heterocycles. The number of aromatic nitrogens is 1. The van der Waals surface area contributed by atoms with Gasteiger partial charge in [-0.2, -0.15) is 0 Å². The number of carboxylic acids is 1. The number of benzene rings is 2. The van der Waals surface area contributed by atoms with Crippen LogP contribution in [0, 0.1) is 12.7 Å². The molecule has 4 rings (SSSR count). The number of nitrogens with zero attached hydrogens (tertiary/aromatic N) is 3. The van der Waals surface area contributed by atoms with E-state index < -0.39 is 5.97 Å². The van der Waals surface area contributed by atoms with Gasteiger partial charge in [0.15, 0.2) is 0 Å². The monoisotopic (exact) mass is 399 g/mol. The summed E-state index contributed by atoms with van der Waals surface area (Å²) in [6, 6.07) is 10.1. The summed E-state index contributed by atoms with van der Waals surface area (Å²) >= 11 is 6.22. The van der Waals surface area contributed by atoms with Crippen LogP contribution in [-0.4, -0.2) is 42.2 Å². The molecule has 0 radical (unpaired) electrons. The number of pyridine rings is 1. The first-order valence-electron chi connectivity index (χ1n) is 9.02. The summed E-state index contributed by atoms with van der Waals surface area (Å²) in [5.41, 5.74) is 3.37. The highest BCUT2D eigenvalue weighted by Crippen LogP contribution is 2.34. The molecule has 2 heterocycles. The van der Waals surface area contributed by atoms with Gasteiger partial charge in [-0.3, -0.25) is 4.98 Å². The number of carbonyl (C=O) groups is 1. The van der Waals surface area contributed by atoms with Crippen molar-refractivity contribution in [3.63, 3.8) is 0 Å². The van der Waals surface area contributed by atoms with Gasteiger partial charge in [0, 0.05) is 48.5 Å². The highest BCUT2D eigenvalue weighted by Gasteiger charge is 2.25. The zero-order chi connectivity index (χ0) is 19.8. The Kier molecular flexibility index (Phi) is 4.81. The Morgan fingerprint density at radius 2 is 1.71 bits per heavy atom. The fourth-order valence-electron chi connectivity index (χ4n) is 3.71. The SMILES string of the molecule is Cc1c(Cl)ccc2c(N3CCN(c4ccc(F)cc4)CC3)c(C(=O)O)cnc12. The van der Waals surface area contributed by atoms with E-state index in [1.54, 1.807) is 18.2 Å². The number of carboxylic acid groups (broad SMARTS) is 1. The topological polar surface area (TPSA) is 56.7 Å². The summed E-state index contributed by atoms with van der Waals surface area (Å²) in [7, 11) is 0. The van der Waals surface area contributed by atoms with Crippen molar-refractivity contribution in [1.82, 2.24) is 4.98 Å². The number of aryl methyl sites for hydroxylation is 1. The zero-order valence-corrected chi connectivity index (χ0v) is 16.1. The molecule has 0 amide bonds. The molecule has 2 aromatic carbocycles. The minimum Gasteiger partial charge on any atom is -0.478 e. The minimum atomic E-state index is -1.00. The van der Waals surface area contributed by atoms with Gasteiger partial charge < -0.3 is 14.9 Å². The van der Waals surface area contributed by atoms with Crippen molar-refractivity contribution in [2.45, 2.75) is 6.92 Å². The predicted octanol–water partition coefficient (Wildman–Crippen LogP) is 4.36. The number of rotatable bonds is 3. The van der Waals surface area contributed by atoms with Crippen LogP contribution in [0.2, 0.25) is 5.02 Å². The second-order valence-corrected chi connectivity index (χ2v) is 7.25. The maximum Gasteiger partial charge on any atom is 0.339 e. The molecule has 0 atom stereocenters. The average molecular weight is 400 g/mol. The van der Waals surface area contributed by atoms with E-state index in [-0.39, 0.29) is 11.4 Å². The van der Waals surface area contributed by atoms with E-state index in [1.807, 2.05) is 13.0 Å². The number of piperazine rings is 1. The third kappa shape index (κ3) is 3.24. The molecule has 7 heteroatoms. The third-order valence-corrected chi connectivity index (χ3v) is 5.63. The molecule has 1 saturated heterocycles. The van der Waals surface area contributed by atoms with Crippen LogP contribution in [0.5, 0.6) is 0 Å². The van der Waals surface area contributed by atoms with Crippen molar-refractivity contribution >= 4 is 39.8 Å². The fourth-order valence-corrected chi connectivity index (χ4v) is 3.86. The van der Waals surface area contributed by atoms with Gasteiger partial charge in [-0.05, 0) is 48.9 Å². The van der Waals surface area contributed by atoms with Crippen LogP contribution in [-0.2, 0) is 0 Å². The Labute approximate surface area is 167 Å². The van der Waals surface area contributed by atoms with Crippen LogP contribution in [0.25, 0.3) is 10.9 Å². The Morgan fingerprint density at radius 3 is 2.36 bits per heavy atom. The Morgan fingerprint density at radius 1 is 1.07 bits per heavy atom. The molecule has 5 nitrogen and oxygen atoms in total. The number of anilines is 2. The molecule has 1 aromatic heterocycles. The molecule has 0 aliphatic carbocycles. The third-order valence-electron chi connectivity index (χ3n) is 5.22. The van der Waals surface area contributed by atoms with E-state index in [9.17, 15) is 14.3 Å². The lowest BCUT2D eigenvalue weighted by Crippen LogP contribution is -2.47. The quantitative estimate of drug-likeness (QED) is 0.709. The van der Waals surface area contributed by atoms with Gasteiger partial charge in [0.2, 0.25) is 0 Å². The second kappa shape index (κ2) is 7.28. The van der Waals surface area contributed by atoms with Gasteiger partial charge in [-0.15, -0.1) is 0 Å². The fraction of sp³-hybridized carbons (Fsp3) is 0.238. The zero-order valence-electron chi connectivity index (χ0n) is 15.3. The van der Waals surface area contributed by atoms with E-state index in [0.717, 1.165) is 16.6 Å². The lowest BCUT2D eigenvalue weighted by atomic mass is 10.0. The Hall–Kier alpha value is -2.86. The van der Waals surface area contributed by atoms with E-state index >= 15 is 0 Å².